The molecule has 0 radical (unpaired) electrons. The highest BCUT2D eigenvalue weighted by atomic mass is 16.7. The van der Waals surface area contributed by atoms with Gasteiger partial charge in [0.1, 0.15) is 0 Å². The molecule has 1 aliphatic heterocycles. The van der Waals surface area contributed by atoms with Crippen LogP contribution < -0.4 is 0 Å². The van der Waals surface area contributed by atoms with Gasteiger partial charge in [-0.05, 0) is 30.3 Å². The fraction of sp³-hybridized carbons (Fsp3) is 0.812. The molecular weight excluding hydrogens is 240 g/mol. The Labute approximate surface area is 115 Å². The Morgan fingerprint density at radius 3 is 2.42 bits per heavy atom. The summed E-state index contributed by atoms with van der Waals surface area (Å²) in [5.41, 5.74) is 0.624. The molecular formula is C16H24O3. The van der Waals surface area contributed by atoms with Gasteiger partial charge >= 0.3 is 0 Å². The zero-order valence-electron chi connectivity index (χ0n) is 12.4. The van der Waals surface area contributed by atoms with Gasteiger partial charge in [-0.3, -0.25) is 4.79 Å². The van der Waals surface area contributed by atoms with Crippen LogP contribution in [0.4, 0.5) is 0 Å². The van der Waals surface area contributed by atoms with Gasteiger partial charge in [-0.1, -0.05) is 26.8 Å². The van der Waals surface area contributed by atoms with Crippen LogP contribution in [0.15, 0.2) is 11.6 Å². The third-order valence-corrected chi connectivity index (χ3v) is 5.42. The Bertz CT molecular complexity index is 443. The van der Waals surface area contributed by atoms with Crippen LogP contribution in [0.5, 0.6) is 0 Å². The minimum atomic E-state index is -0.526. The number of allylic oxidation sites excluding steroid dienone is 2. The molecule has 3 heteroatoms. The molecule has 3 aliphatic rings. The van der Waals surface area contributed by atoms with Crippen LogP contribution in [-0.4, -0.2) is 24.8 Å². The van der Waals surface area contributed by atoms with Gasteiger partial charge in [0.25, 0.3) is 0 Å². The predicted molar refractivity (Wildman–Crippen MR) is 72.6 cm³/mol. The van der Waals surface area contributed by atoms with Gasteiger partial charge < -0.3 is 9.47 Å². The van der Waals surface area contributed by atoms with Gasteiger partial charge in [-0.2, -0.15) is 0 Å². The summed E-state index contributed by atoms with van der Waals surface area (Å²) in [5.74, 6) is 0.145. The maximum Gasteiger partial charge on any atom is 0.169 e. The Morgan fingerprint density at radius 1 is 1.16 bits per heavy atom. The summed E-state index contributed by atoms with van der Waals surface area (Å²) in [6.45, 7) is 9.87. The van der Waals surface area contributed by atoms with Crippen molar-refractivity contribution >= 4 is 5.78 Å². The Morgan fingerprint density at radius 2 is 1.79 bits per heavy atom. The van der Waals surface area contributed by atoms with Crippen LogP contribution >= 0.6 is 0 Å². The van der Waals surface area contributed by atoms with Crippen LogP contribution in [0.25, 0.3) is 0 Å². The number of carbonyl (C=O) groups is 1. The zero-order chi connectivity index (χ0) is 13.9. The van der Waals surface area contributed by atoms with Crippen LogP contribution in [0.1, 0.15) is 47.0 Å². The molecule has 1 saturated carbocycles. The van der Waals surface area contributed by atoms with Crippen molar-refractivity contribution in [3.8, 4) is 0 Å². The van der Waals surface area contributed by atoms with E-state index in [0.29, 0.717) is 25.6 Å². The van der Waals surface area contributed by atoms with Gasteiger partial charge in [0.2, 0.25) is 0 Å². The summed E-state index contributed by atoms with van der Waals surface area (Å²) in [5, 5.41) is 0. The number of hydrogen-bond donors (Lipinski definition) is 0. The molecule has 0 aromatic carbocycles. The third-order valence-electron chi connectivity index (χ3n) is 5.42. The molecule has 0 aromatic rings. The fourth-order valence-electron chi connectivity index (χ4n) is 4.78. The van der Waals surface area contributed by atoms with Crippen molar-refractivity contribution in [2.45, 2.75) is 52.7 Å². The van der Waals surface area contributed by atoms with Crippen molar-refractivity contribution in [1.82, 2.24) is 0 Å². The molecule has 0 N–H and O–H groups in total. The number of Topliss-reactive ketones (excluding diaryl/α,β-unsaturated/α-hetero) is 1. The van der Waals surface area contributed by atoms with Gasteiger partial charge in [0, 0.05) is 18.3 Å². The summed E-state index contributed by atoms with van der Waals surface area (Å²) in [6, 6.07) is 0. The number of rotatable bonds is 0. The highest BCUT2D eigenvalue weighted by Crippen LogP contribution is 2.60. The standard InChI is InChI=1S/C16H24O3/c1-11-5-6-12-14(2,3)9-16(18-7-8-19-16)10-15(12,4)13(11)17/h5,12H,6-10H2,1-4H3/t12-,15-/m0/s1. The van der Waals surface area contributed by atoms with E-state index in [9.17, 15) is 4.79 Å². The molecule has 19 heavy (non-hydrogen) atoms. The molecule has 106 valence electrons. The van der Waals surface area contributed by atoms with Crippen molar-refractivity contribution in [1.29, 1.82) is 0 Å². The first-order valence-corrected chi connectivity index (χ1v) is 7.29. The SMILES string of the molecule is CC1=CC[C@H]2C(C)(C)CC3(C[C@]2(C)C1=O)OCCO3. The third kappa shape index (κ3) is 1.82. The van der Waals surface area contributed by atoms with E-state index in [0.717, 1.165) is 18.4 Å². The normalized spacial score (nSPS) is 40.1. The molecule has 0 amide bonds. The molecule has 0 bridgehead atoms. The molecule has 2 aliphatic carbocycles. The zero-order valence-corrected chi connectivity index (χ0v) is 12.4. The number of ether oxygens (including phenoxy) is 2. The highest BCUT2D eigenvalue weighted by molar-refractivity contribution is 6.00. The lowest BCUT2D eigenvalue weighted by atomic mass is 9.50. The van der Waals surface area contributed by atoms with E-state index in [2.05, 4.69) is 26.8 Å². The Kier molecular flexibility index (Phi) is 2.75. The fourth-order valence-corrected chi connectivity index (χ4v) is 4.78. The lowest BCUT2D eigenvalue weighted by Gasteiger charge is -2.56. The Hall–Kier alpha value is -0.670. The molecule has 0 unspecified atom stereocenters. The lowest BCUT2D eigenvalue weighted by molar-refractivity contribution is -0.239. The quantitative estimate of drug-likeness (QED) is 0.674. The van der Waals surface area contributed by atoms with E-state index in [1.54, 1.807) is 0 Å². The molecule has 3 nitrogen and oxygen atoms in total. The average Bonchev–Trinajstić information content (AvgIpc) is 2.71. The van der Waals surface area contributed by atoms with Gasteiger partial charge in [-0.25, -0.2) is 0 Å². The first-order chi connectivity index (χ1) is 8.79. The second-order valence-electron chi connectivity index (χ2n) is 7.37. The van der Waals surface area contributed by atoms with Crippen LogP contribution in [0.3, 0.4) is 0 Å². The van der Waals surface area contributed by atoms with Crippen molar-refractivity contribution in [2.75, 3.05) is 13.2 Å². The minimum Gasteiger partial charge on any atom is -0.347 e. The minimum absolute atomic E-state index is 0.0597. The molecule has 2 atom stereocenters. The smallest absolute Gasteiger partial charge is 0.169 e. The summed E-state index contributed by atoms with van der Waals surface area (Å²) in [4.78, 5) is 12.7. The maximum atomic E-state index is 12.7. The summed E-state index contributed by atoms with van der Waals surface area (Å²) < 4.78 is 11.8. The molecule has 2 fully saturated rings. The number of fused-ring (bicyclic) bond motifs is 1. The monoisotopic (exact) mass is 264 g/mol. The van der Waals surface area contributed by atoms with Gasteiger partial charge in [0.15, 0.2) is 11.6 Å². The molecule has 1 spiro atoms. The van der Waals surface area contributed by atoms with E-state index < -0.39 is 5.79 Å². The van der Waals surface area contributed by atoms with Gasteiger partial charge in [0.05, 0.1) is 13.2 Å². The van der Waals surface area contributed by atoms with E-state index >= 15 is 0 Å². The molecule has 3 rings (SSSR count). The van der Waals surface area contributed by atoms with E-state index in [1.165, 1.54) is 0 Å². The first-order valence-electron chi connectivity index (χ1n) is 7.29. The molecule has 1 saturated heterocycles. The van der Waals surface area contributed by atoms with Crippen LogP contribution in [-0.2, 0) is 14.3 Å². The number of ketones is 1. The van der Waals surface area contributed by atoms with Crippen LogP contribution in [0, 0.1) is 16.7 Å². The predicted octanol–water partition coefficient (Wildman–Crippen LogP) is 3.09. The molecule has 1 heterocycles. The summed E-state index contributed by atoms with van der Waals surface area (Å²) in [7, 11) is 0. The topological polar surface area (TPSA) is 35.5 Å². The lowest BCUT2D eigenvalue weighted by Crippen LogP contribution is -2.57. The number of carbonyl (C=O) groups excluding carboxylic acids is 1. The molecule has 0 aromatic heterocycles. The Balaban J connectivity index is 2.04. The second kappa shape index (κ2) is 3.92. The van der Waals surface area contributed by atoms with Crippen molar-refractivity contribution in [3.05, 3.63) is 11.6 Å². The van der Waals surface area contributed by atoms with Crippen molar-refractivity contribution in [3.63, 3.8) is 0 Å². The average molecular weight is 264 g/mol. The first kappa shape index (κ1) is 13.3. The maximum absolute atomic E-state index is 12.7. The summed E-state index contributed by atoms with van der Waals surface area (Å²) >= 11 is 0. The number of hydrogen-bond acceptors (Lipinski definition) is 3. The van der Waals surface area contributed by atoms with Crippen LogP contribution in [0.2, 0.25) is 0 Å². The highest BCUT2D eigenvalue weighted by Gasteiger charge is 2.61. The summed E-state index contributed by atoms with van der Waals surface area (Å²) in [6.07, 6.45) is 4.71. The van der Waals surface area contributed by atoms with Crippen molar-refractivity contribution in [2.24, 2.45) is 16.7 Å². The largest absolute Gasteiger partial charge is 0.347 e. The van der Waals surface area contributed by atoms with E-state index in [-0.39, 0.29) is 16.6 Å². The van der Waals surface area contributed by atoms with E-state index in [4.69, 9.17) is 9.47 Å². The second-order valence-corrected chi connectivity index (χ2v) is 7.37. The van der Waals surface area contributed by atoms with E-state index in [1.807, 2.05) is 6.92 Å². The van der Waals surface area contributed by atoms with Crippen molar-refractivity contribution < 1.29 is 14.3 Å². The van der Waals surface area contributed by atoms with Gasteiger partial charge in [-0.15, -0.1) is 0 Å².